The van der Waals surface area contributed by atoms with Crippen LogP contribution in [0.5, 0.6) is 0 Å². The molecule has 1 N–H and O–H groups in total. The van der Waals surface area contributed by atoms with E-state index in [2.05, 4.69) is 5.32 Å². The number of carbonyl (C=O) groups excluding carboxylic acids is 2. The molecule has 0 aromatic carbocycles. The number of likely N-dealkylation sites (tertiary alicyclic amines) is 1. The number of likely N-dealkylation sites (N-methyl/N-ethyl adjacent to an activating group) is 1. The Kier molecular flexibility index (Phi) is 5.94. The van der Waals surface area contributed by atoms with Crippen molar-refractivity contribution in [1.82, 2.24) is 24.7 Å². The molecule has 148 valence electrons. The molecule has 1 aromatic rings. The number of fused-ring (bicyclic) bond motifs is 1. The molecule has 0 radical (unpaired) electrons. The molecule has 1 fully saturated rings. The number of hydrogen-bond donors (Lipinski definition) is 1. The van der Waals surface area contributed by atoms with E-state index in [1.807, 2.05) is 35.8 Å². The number of amides is 2. The van der Waals surface area contributed by atoms with Crippen LogP contribution in [0.1, 0.15) is 49.3 Å². The summed E-state index contributed by atoms with van der Waals surface area (Å²) in [6, 6.07) is -0.0537. The molecule has 8 nitrogen and oxygen atoms in total. The lowest BCUT2D eigenvalue weighted by molar-refractivity contribution is -0.133. The maximum absolute atomic E-state index is 12.4. The summed E-state index contributed by atoms with van der Waals surface area (Å²) in [4.78, 5) is 39.7. The third-order valence-electron chi connectivity index (χ3n) is 5.32. The van der Waals surface area contributed by atoms with E-state index in [9.17, 15) is 9.59 Å². The fraction of sp³-hybridized carbons (Fsp3) is 0.684. The Bertz CT molecular complexity index is 703. The van der Waals surface area contributed by atoms with E-state index in [0.717, 1.165) is 48.7 Å². The van der Waals surface area contributed by atoms with E-state index >= 15 is 0 Å². The first-order valence-electron chi connectivity index (χ1n) is 9.68. The largest absolute Gasteiger partial charge is 0.373 e. The Morgan fingerprint density at radius 2 is 2.00 bits per heavy atom. The molecule has 3 heterocycles. The Balaban J connectivity index is 1.88. The number of nitrogens with zero attached hydrogens (tertiary/aromatic N) is 5. The highest BCUT2D eigenvalue weighted by Gasteiger charge is 2.31. The fourth-order valence-electron chi connectivity index (χ4n) is 3.95. The van der Waals surface area contributed by atoms with Crippen LogP contribution in [0.4, 0.5) is 5.82 Å². The van der Waals surface area contributed by atoms with Gasteiger partial charge in [-0.05, 0) is 33.4 Å². The zero-order valence-corrected chi connectivity index (χ0v) is 16.8. The van der Waals surface area contributed by atoms with Gasteiger partial charge in [0.2, 0.25) is 11.8 Å². The Labute approximate surface area is 160 Å². The minimum Gasteiger partial charge on any atom is -0.373 e. The van der Waals surface area contributed by atoms with Crippen LogP contribution in [0.3, 0.4) is 0 Å². The quantitative estimate of drug-likeness (QED) is 0.848. The second kappa shape index (κ2) is 8.21. The minimum absolute atomic E-state index is 0.0537. The average Bonchev–Trinajstić information content (AvgIpc) is 2.66. The molecule has 0 spiro atoms. The highest BCUT2D eigenvalue weighted by molar-refractivity contribution is 5.78. The van der Waals surface area contributed by atoms with Crippen LogP contribution < -0.4 is 5.32 Å². The van der Waals surface area contributed by atoms with Crippen molar-refractivity contribution in [3.8, 4) is 0 Å². The van der Waals surface area contributed by atoms with Gasteiger partial charge < -0.3 is 20.0 Å². The van der Waals surface area contributed by atoms with Gasteiger partial charge in [-0.25, -0.2) is 9.97 Å². The van der Waals surface area contributed by atoms with E-state index in [0.29, 0.717) is 26.1 Å². The van der Waals surface area contributed by atoms with E-state index in [4.69, 9.17) is 9.97 Å². The Morgan fingerprint density at radius 3 is 2.67 bits per heavy atom. The summed E-state index contributed by atoms with van der Waals surface area (Å²) in [6.45, 7) is 3.98. The SMILES string of the molecule is CNc1nc(C2CCCCN2C(C)=O)nc2c1CN(C(=O)CN(C)C)CC2. The summed E-state index contributed by atoms with van der Waals surface area (Å²) in [6.07, 6.45) is 3.72. The summed E-state index contributed by atoms with van der Waals surface area (Å²) in [5.74, 6) is 1.69. The van der Waals surface area contributed by atoms with Crippen molar-refractivity contribution >= 4 is 17.6 Å². The number of carbonyl (C=O) groups is 2. The number of aromatic nitrogens is 2. The van der Waals surface area contributed by atoms with E-state index in [-0.39, 0.29) is 17.9 Å². The molecule has 2 aliphatic rings. The monoisotopic (exact) mass is 374 g/mol. The van der Waals surface area contributed by atoms with Gasteiger partial charge in [-0.15, -0.1) is 0 Å². The predicted octanol–water partition coefficient (Wildman–Crippen LogP) is 1.04. The first-order valence-corrected chi connectivity index (χ1v) is 9.68. The van der Waals surface area contributed by atoms with Crippen molar-refractivity contribution < 1.29 is 9.59 Å². The maximum Gasteiger partial charge on any atom is 0.237 e. The van der Waals surface area contributed by atoms with Crippen LogP contribution in [0, 0.1) is 0 Å². The molecule has 0 aliphatic carbocycles. The lowest BCUT2D eigenvalue weighted by Crippen LogP contribution is -2.42. The second-order valence-electron chi connectivity index (χ2n) is 7.63. The Morgan fingerprint density at radius 1 is 1.22 bits per heavy atom. The predicted molar refractivity (Wildman–Crippen MR) is 103 cm³/mol. The number of piperidine rings is 1. The molecular formula is C19H30N6O2. The summed E-state index contributed by atoms with van der Waals surface area (Å²) >= 11 is 0. The highest BCUT2D eigenvalue weighted by Crippen LogP contribution is 2.32. The Hall–Kier alpha value is -2.22. The molecule has 27 heavy (non-hydrogen) atoms. The first kappa shape index (κ1) is 19.5. The van der Waals surface area contributed by atoms with Crippen LogP contribution in [-0.4, -0.2) is 77.3 Å². The van der Waals surface area contributed by atoms with Gasteiger partial charge in [-0.1, -0.05) is 0 Å². The molecule has 1 unspecified atom stereocenters. The van der Waals surface area contributed by atoms with Gasteiger partial charge in [0, 0.05) is 39.0 Å². The van der Waals surface area contributed by atoms with Crippen molar-refractivity contribution in [2.75, 3.05) is 46.1 Å². The highest BCUT2D eigenvalue weighted by atomic mass is 16.2. The van der Waals surface area contributed by atoms with Crippen LogP contribution >= 0.6 is 0 Å². The first-order chi connectivity index (χ1) is 12.9. The van der Waals surface area contributed by atoms with Crippen LogP contribution in [-0.2, 0) is 22.6 Å². The average molecular weight is 374 g/mol. The number of anilines is 1. The molecule has 1 atom stereocenters. The smallest absolute Gasteiger partial charge is 0.237 e. The van der Waals surface area contributed by atoms with Gasteiger partial charge in [-0.2, -0.15) is 0 Å². The third-order valence-corrected chi connectivity index (χ3v) is 5.32. The number of rotatable bonds is 4. The molecule has 1 aromatic heterocycles. The number of hydrogen-bond acceptors (Lipinski definition) is 6. The normalized spacial score (nSPS) is 19.8. The molecule has 0 bridgehead atoms. The van der Waals surface area contributed by atoms with E-state index in [1.165, 1.54) is 0 Å². The zero-order chi connectivity index (χ0) is 19.6. The van der Waals surface area contributed by atoms with Gasteiger partial charge in [-0.3, -0.25) is 9.59 Å². The molecule has 1 saturated heterocycles. The van der Waals surface area contributed by atoms with E-state index < -0.39 is 0 Å². The topological polar surface area (TPSA) is 81.7 Å². The molecule has 2 amide bonds. The second-order valence-corrected chi connectivity index (χ2v) is 7.63. The lowest BCUT2D eigenvalue weighted by atomic mass is 10.00. The molecule has 8 heteroatoms. The van der Waals surface area contributed by atoms with Gasteiger partial charge in [0.15, 0.2) is 5.82 Å². The minimum atomic E-state index is -0.0537. The lowest BCUT2D eigenvalue weighted by Gasteiger charge is -2.35. The van der Waals surface area contributed by atoms with Crippen molar-refractivity contribution in [2.45, 2.75) is 45.2 Å². The molecular weight excluding hydrogens is 344 g/mol. The molecule has 3 rings (SSSR count). The van der Waals surface area contributed by atoms with Crippen molar-refractivity contribution in [3.05, 3.63) is 17.1 Å². The summed E-state index contributed by atoms with van der Waals surface area (Å²) in [7, 11) is 5.64. The summed E-state index contributed by atoms with van der Waals surface area (Å²) < 4.78 is 0. The van der Waals surface area contributed by atoms with Gasteiger partial charge in [0.1, 0.15) is 5.82 Å². The van der Waals surface area contributed by atoms with Crippen LogP contribution in [0.2, 0.25) is 0 Å². The zero-order valence-electron chi connectivity index (χ0n) is 16.8. The standard InChI is InChI=1S/C19H30N6O2/c1-13(26)25-9-6-5-7-16(25)19-21-15-8-10-24(17(27)12-23(3)4)11-14(15)18(20-2)22-19/h16H,5-12H2,1-4H3,(H,20,21,22). The molecule has 0 saturated carbocycles. The van der Waals surface area contributed by atoms with Crippen molar-refractivity contribution in [1.29, 1.82) is 0 Å². The third kappa shape index (κ3) is 4.21. The summed E-state index contributed by atoms with van der Waals surface area (Å²) in [5.41, 5.74) is 1.98. The van der Waals surface area contributed by atoms with Crippen molar-refractivity contribution in [2.24, 2.45) is 0 Å². The fourth-order valence-corrected chi connectivity index (χ4v) is 3.95. The van der Waals surface area contributed by atoms with Gasteiger partial charge in [0.25, 0.3) is 0 Å². The maximum atomic E-state index is 12.4. The van der Waals surface area contributed by atoms with Crippen molar-refractivity contribution in [3.63, 3.8) is 0 Å². The molecule has 2 aliphatic heterocycles. The van der Waals surface area contributed by atoms with Gasteiger partial charge >= 0.3 is 0 Å². The van der Waals surface area contributed by atoms with Crippen LogP contribution in [0.25, 0.3) is 0 Å². The van der Waals surface area contributed by atoms with Gasteiger partial charge in [0.05, 0.1) is 24.8 Å². The van der Waals surface area contributed by atoms with Crippen LogP contribution in [0.15, 0.2) is 0 Å². The number of nitrogens with one attached hydrogen (secondary N) is 1. The van der Waals surface area contributed by atoms with E-state index in [1.54, 1.807) is 6.92 Å². The summed E-state index contributed by atoms with van der Waals surface area (Å²) in [5, 5.41) is 3.18.